The summed E-state index contributed by atoms with van der Waals surface area (Å²) in [6.07, 6.45) is 0.187. The fourth-order valence-electron chi connectivity index (χ4n) is 2.30. The number of para-hydroxylation sites is 1. The molecule has 104 valence electrons. The molecule has 0 aromatic heterocycles. The van der Waals surface area contributed by atoms with Crippen LogP contribution in [0.3, 0.4) is 0 Å². The summed E-state index contributed by atoms with van der Waals surface area (Å²) in [5.74, 6) is 1.49. The van der Waals surface area contributed by atoms with E-state index in [0.717, 1.165) is 23.3 Å². The molecule has 0 aliphatic carbocycles. The molecular weight excluding hydrogens is 276 g/mol. The molecule has 0 amide bonds. The lowest BCUT2D eigenvalue weighted by molar-refractivity contribution is 0.105. The SMILES string of the molecule is OC(COc1ccc(Cl)cc1)c1cccc2c1OCC2. The summed E-state index contributed by atoms with van der Waals surface area (Å²) in [6.45, 7) is 0.860. The highest BCUT2D eigenvalue weighted by Gasteiger charge is 2.21. The Kier molecular flexibility index (Phi) is 3.81. The van der Waals surface area contributed by atoms with Gasteiger partial charge in [0.2, 0.25) is 0 Å². The highest BCUT2D eigenvalue weighted by atomic mass is 35.5. The third-order valence-corrected chi connectivity index (χ3v) is 3.58. The van der Waals surface area contributed by atoms with Crippen LogP contribution in [-0.4, -0.2) is 18.3 Å². The van der Waals surface area contributed by atoms with Gasteiger partial charge in [0, 0.05) is 17.0 Å². The van der Waals surface area contributed by atoms with Gasteiger partial charge in [-0.3, -0.25) is 0 Å². The number of hydrogen-bond acceptors (Lipinski definition) is 3. The van der Waals surface area contributed by atoms with Crippen LogP contribution in [0.1, 0.15) is 17.2 Å². The number of benzene rings is 2. The van der Waals surface area contributed by atoms with Gasteiger partial charge in [0.15, 0.2) is 0 Å². The van der Waals surface area contributed by atoms with Gasteiger partial charge in [0.25, 0.3) is 0 Å². The number of hydrogen-bond donors (Lipinski definition) is 1. The first-order chi connectivity index (χ1) is 9.74. The number of rotatable bonds is 4. The molecule has 1 N–H and O–H groups in total. The van der Waals surface area contributed by atoms with Crippen LogP contribution in [-0.2, 0) is 6.42 Å². The quantitative estimate of drug-likeness (QED) is 0.938. The van der Waals surface area contributed by atoms with Gasteiger partial charge in [-0.15, -0.1) is 0 Å². The molecule has 1 heterocycles. The molecular formula is C16H15ClO3. The van der Waals surface area contributed by atoms with Gasteiger partial charge in [0.1, 0.15) is 24.2 Å². The number of halogens is 1. The lowest BCUT2D eigenvalue weighted by atomic mass is 10.0. The molecule has 4 heteroatoms. The van der Waals surface area contributed by atoms with Crippen LogP contribution < -0.4 is 9.47 Å². The van der Waals surface area contributed by atoms with Crippen molar-refractivity contribution >= 4 is 11.6 Å². The average molecular weight is 291 g/mol. The highest BCUT2D eigenvalue weighted by molar-refractivity contribution is 6.30. The molecule has 1 aliphatic heterocycles. The van der Waals surface area contributed by atoms with Gasteiger partial charge in [-0.25, -0.2) is 0 Å². The minimum atomic E-state index is -0.710. The summed E-state index contributed by atoms with van der Waals surface area (Å²) in [5.41, 5.74) is 1.93. The smallest absolute Gasteiger partial charge is 0.128 e. The van der Waals surface area contributed by atoms with Gasteiger partial charge in [0.05, 0.1) is 6.61 Å². The molecule has 3 rings (SSSR count). The van der Waals surface area contributed by atoms with Crippen LogP contribution in [0.5, 0.6) is 11.5 Å². The minimum Gasteiger partial charge on any atom is -0.493 e. The molecule has 0 bridgehead atoms. The molecule has 0 saturated heterocycles. The van der Waals surface area contributed by atoms with E-state index in [1.807, 2.05) is 18.2 Å². The zero-order chi connectivity index (χ0) is 13.9. The highest BCUT2D eigenvalue weighted by Crippen LogP contribution is 2.33. The van der Waals surface area contributed by atoms with Crippen LogP contribution in [0.25, 0.3) is 0 Å². The first-order valence-electron chi connectivity index (χ1n) is 6.55. The second-order valence-electron chi connectivity index (χ2n) is 4.71. The largest absolute Gasteiger partial charge is 0.493 e. The lowest BCUT2D eigenvalue weighted by Gasteiger charge is -2.15. The maximum atomic E-state index is 10.3. The molecule has 0 radical (unpaired) electrons. The molecule has 0 fully saturated rings. The standard InChI is InChI=1S/C16H15ClO3/c17-12-4-6-13(7-5-12)20-10-15(18)14-3-1-2-11-8-9-19-16(11)14/h1-7,15,18H,8-10H2. The molecule has 3 nitrogen and oxygen atoms in total. The van der Waals surface area contributed by atoms with E-state index in [1.54, 1.807) is 24.3 Å². The molecule has 1 aliphatic rings. The Morgan fingerprint density at radius 1 is 1.20 bits per heavy atom. The van der Waals surface area contributed by atoms with Crippen LogP contribution in [0.4, 0.5) is 0 Å². The zero-order valence-electron chi connectivity index (χ0n) is 10.9. The Balaban J connectivity index is 1.69. The third-order valence-electron chi connectivity index (χ3n) is 3.33. The second-order valence-corrected chi connectivity index (χ2v) is 5.15. The normalized spacial score (nSPS) is 14.5. The van der Waals surface area contributed by atoms with Crippen molar-refractivity contribution < 1.29 is 14.6 Å². The number of fused-ring (bicyclic) bond motifs is 1. The topological polar surface area (TPSA) is 38.7 Å². The summed E-state index contributed by atoms with van der Waals surface area (Å²) in [6, 6.07) is 12.9. The summed E-state index contributed by atoms with van der Waals surface area (Å²) in [5, 5.41) is 10.9. The molecule has 0 saturated carbocycles. The van der Waals surface area contributed by atoms with Crippen molar-refractivity contribution in [3.63, 3.8) is 0 Å². The third kappa shape index (κ3) is 2.74. The van der Waals surface area contributed by atoms with E-state index in [1.165, 1.54) is 0 Å². The van der Waals surface area contributed by atoms with Crippen molar-refractivity contribution in [2.45, 2.75) is 12.5 Å². The van der Waals surface area contributed by atoms with Gasteiger partial charge >= 0.3 is 0 Å². The molecule has 0 spiro atoms. The van der Waals surface area contributed by atoms with E-state index < -0.39 is 6.10 Å². The van der Waals surface area contributed by atoms with Crippen molar-refractivity contribution in [1.29, 1.82) is 0 Å². The molecule has 2 aromatic rings. The van der Waals surface area contributed by atoms with Crippen LogP contribution >= 0.6 is 11.6 Å². The Morgan fingerprint density at radius 3 is 2.80 bits per heavy atom. The van der Waals surface area contributed by atoms with E-state index in [-0.39, 0.29) is 6.61 Å². The molecule has 20 heavy (non-hydrogen) atoms. The monoisotopic (exact) mass is 290 g/mol. The Morgan fingerprint density at radius 2 is 2.00 bits per heavy atom. The van der Waals surface area contributed by atoms with E-state index >= 15 is 0 Å². The van der Waals surface area contributed by atoms with Crippen LogP contribution in [0, 0.1) is 0 Å². The van der Waals surface area contributed by atoms with E-state index in [2.05, 4.69) is 0 Å². The Bertz CT molecular complexity index is 595. The molecule has 1 atom stereocenters. The van der Waals surface area contributed by atoms with Crippen molar-refractivity contribution in [2.24, 2.45) is 0 Å². The number of ether oxygens (including phenoxy) is 2. The van der Waals surface area contributed by atoms with Crippen molar-refractivity contribution in [2.75, 3.05) is 13.2 Å². The maximum Gasteiger partial charge on any atom is 0.128 e. The van der Waals surface area contributed by atoms with Crippen molar-refractivity contribution in [3.05, 3.63) is 58.6 Å². The van der Waals surface area contributed by atoms with E-state index in [9.17, 15) is 5.11 Å². The molecule has 2 aromatic carbocycles. The summed E-state index contributed by atoms with van der Waals surface area (Å²) >= 11 is 5.81. The maximum absolute atomic E-state index is 10.3. The van der Waals surface area contributed by atoms with Gasteiger partial charge in [-0.2, -0.15) is 0 Å². The van der Waals surface area contributed by atoms with Gasteiger partial charge in [-0.1, -0.05) is 29.8 Å². The van der Waals surface area contributed by atoms with E-state index in [0.29, 0.717) is 17.4 Å². The Labute approximate surface area is 122 Å². The molecule has 1 unspecified atom stereocenters. The second kappa shape index (κ2) is 5.73. The summed E-state index contributed by atoms with van der Waals surface area (Å²) in [7, 11) is 0. The first kappa shape index (κ1) is 13.3. The fraction of sp³-hybridized carbons (Fsp3) is 0.250. The van der Waals surface area contributed by atoms with Crippen LogP contribution in [0.2, 0.25) is 5.02 Å². The summed E-state index contributed by atoms with van der Waals surface area (Å²) in [4.78, 5) is 0. The predicted molar refractivity (Wildman–Crippen MR) is 77.5 cm³/mol. The summed E-state index contributed by atoms with van der Waals surface area (Å²) < 4.78 is 11.2. The zero-order valence-corrected chi connectivity index (χ0v) is 11.6. The average Bonchev–Trinajstić information content (AvgIpc) is 2.94. The Hall–Kier alpha value is -1.71. The minimum absolute atomic E-state index is 0.182. The van der Waals surface area contributed by atoms with Gasteiger partial charge in [-0.05, 0) is 29.8 Å². The number of aliphatic hydroxyl groups excluding tert-OH is 1. The fourth-order valence-corrected chi connectivity index (χ4v) is 2.42. The lowest BCUT2D eigenvalue weighted by Crippen LogP contribution is -2.10. The van der Waals surface area contributed by atoms with E-state index in [4.69, 9.17) is 21.1 Å². The van der Waals surface area contributed by atoms with Gasteiger partial charge < -0.3 is 14.6 Å². The predicted octanol–water partition coefficient (Wildman–Crippen LogP) is 3.39. The van der Waals surface area contributed by atoms with Crippen molar-refractivity contribution in [3.8, 4) is 11.5 Å². The first-order valence-corrected chi connectivity index (χ1v) is 6.93. The van der Waals surface area contributed by atoms with Crippen molar-refractivity contribution in [1.82, 2.24) is 0 Å². The van der Waals surface area contributed by atoms with Crippen LogP contribution in [0.15, 0.2) is 42.5 Å². The number of aliphatic hydroxyl groups is 1.